The predicted octanol–water partition coefficient (Wildman–Crippen LogP) is 9.40. The van der Waals surface area contributed by atoms with Gasteiger partial charge in [0.15, 0.2) is 0 Å². The highest BCUT2D eigenvalue weighted by Gasteiger charge is 2.22. The second-order valence-corrected chi connectivity index (χ2v) is 13.5. The summed E-state index contributed by atoms with van der Waals surface area (Å²) in [6, 6.07) is 18.0. The third-order valence-corrected chi connectivity index (χ3v) is 9.90. The molecule has 0 aliphatic carbocycles. The molecule has 2 saturated heterocycles. The third-order valence-electron chi connectivity index (χ3n) is 9.60. The zero-order valence-corrected chi connectivity index (χ0v) is 28.4. The van der Waals surface area contributed by atoms with E-state index in [1.54, 1.807) is 0 Å². The highest BCUT2D eigenvalue weighted by Crippen LogP contribution is 2.34. The lowest BCUT2D eigenvalue weighted by Gasteiger charge is -2.35. The van der Waals surface area contributed by atoms with Crippen LogP contribution in [-0.4, -0.2) is 54.2 Å². The summed E-state index contributed by atoms with van der Waals surface area (Å²) in [6.07, 6.45) is 10.2. The third kappa shape index (κ3) is 8.14. The van der Waals surface area contributed by atoms with Crippen molar-refractivity contribution < 1.29 is 9.47 Å². The predicted molar refractivity (Wildman–Crippen MR) is 186 cm³/mol. The zero-order valence-electron chi connectivity index (χ0n) is 27.7. The fourth-order valence-electron chi connectivity index (χ4n) is 6.94. The maximum absolute atomic E-state index is 6.78. The molecule has 2 fully saturated rings. The highest BCUT2D eigenvalue weighted by atomic mass is 35.5. The van der Waals surface area contributed by atoms with E-state index in [4.69, 9.17) is 21.1 Å². The number of nitrogens with zero attached hydrogens (tertiary/aromatic N) is 2. The summed E-state index contributed by atoms with van der Waals surface area (Å²) < 4.78 is 12.2. The van der Waals surface area contributed by atoms with Crippen LogP contribution in [0.4, 0.5) is 0 Å². The van der Waals surface area contributed by atoms with Crippen molar-refractivity contribution in [2.75, 3.05) is 26.2 Å². The van der Waals surface area contributed by atoms with E-state index in [0.717, 1.165) is 38.3 Å². The Bertz CT molecular complexity index is 1440. The standard InChI is InChI=1S/C39H51ClN2O2/c1-27-21-39(38(40)22-35(27)25-42-20-10-7-13-28(42)2)43-26-34-16-12-18-37(32(34)6)36-17-11-15-33(31(36)5)14-8-9-19-41-23-29(3)44-30(4)24-41/h8,11-12,14-18,21-22,28-30H,7,9-10,13,19-20,23-26H2,1-6H3/b14-8+/t28-,29?,30?/m1/s1. The number of likely N-dealkylation sites (tertiary alicyclic amines) is 1. The molecule has 2 unspecified atom stereocenters. The quantitative estimate of drug-likeness (QED) is 0.227. The Hall–Kier alpha value is -2.63. The van der Waals surface area contributed by atoms with Crippen molar-refractivity contribution in [2.45, 2.75) is 98.6 Å². The van der Waals surface area contributed by atoms with E-state index in [-0.39, 0.29) is 0 Å². The van der Waals surface area contributed by atoms with Gasteiger partial charge in [0.1, 0.15) is 12.4 Å². The molecule has 0 amide bonds. The van der Waals surface area contributed by atoms with Crippen LogP contribution < -0.4 is 4.74 Å². The van der Waals surface area contributed by atoms with Crippen molar-refractivity contribution in [1.82, 2.24) is 9.80 Å². The van der Waals surface area contributed by atoms with Gasteiger partial charge in [0.05, 0.1) is 17.2 Å². The Morgan fingerprint density at radius 3 is 2.39 bits per heavy atom. The molecule has 0 radical (unpaired) electrons. The molecule has 44 heavy (non-hydrogen) atoms. The first kappa shape index (κ1) is 32.8. The Balaban J connectivity index is 1.24. The van der Waals surface area contributed by atoms with E-state index < -0.39 is 0 Å². The van der Waals surface area contributed by atoms with Gasteiger partial charge < -0.3 is 9.47 Å². The van der Waals surface area contributed by atoms with Gasteiger partial charge in [0, 0.05) is 32.2 Å². The molecule has 4 nitrogen and oxygen atoms in total. The summed E-state index contributed by atoms with van der Waals surface area (Å²) in [7, 11) is 0. The molecule has 0 aromatic heterocycles. The fraction of sp³-hybridized carbons (Fsp3) is 0.487. The lowest BCUT2D eigenvalue weighted by molar-refractivity contribution is -0.0673. The summed E-state index contributed by atoms with van der Waals surface area (Å²) in [5.41, 5.74) is 10.1. The number of aryl methyl sites for hydroxylation is 1. The van der Waals surface area contributed by atoms with Crippen molar-refractivity contribution in [3.63, 3.8) is 0 Å². The van der Waals surface area contributed by atoms with Crippen LogP contribution in [0.2, 0.25) is 5.02 Å². The first-order valence-electron chi connectivity index (χ1n) is 16.6. The first-order chi connectivity index (χ1) is 21.2. The maximum Gasteiger partial charge on any atom is 0.138 e. The van der Waals surface area contributed by atoms with Crippen LogP contribution in [0.1, 0.15) is 79.8 Å². The van der Waals surface area contributed by atoms with E-state index in [1.165, 1.54) is 70.3 Å². The van der Waals surface area contributed by atoms with Crippen LogP contribution in [0, 0.1) is 20.8 Å². The number of piperidine rings is 1. The highest BCUT2D eigenvalue weighted by molar-refractivity contribution is 6.32. The van der Waals surface area contributed by atoms with E-state index in [9.17, 15) is 0 Å². The fourth-order valence-corrected chi connectivity index (χ4v) is 7.18. The van der Waals surface area contributed by atoms with E-state index in [2.05, 4.69) is 112 Å². The molecule has 0 bridgehead atoms. The van der Waals surface area contributed by atoms with Crippen LogP contribution in [-0.2, 0) is 17.9 Å². The average Bonchev–Trinajstić information content (AvgIpc) is 2.98. The van der Waals surface area contributed by atoms with Crippen LogP contribution in [0.3, 0.4) is 0 Å². The molecular weight excluding hydrogens is 564 g/mol. The SMILES string of the molecule is Cc1cc(OCc2cccc(-c3cccc(/C=C/CCN4CC(C)OC(C)C4)c3C)c2C)c(Cl)cc1CN1CCCC[C@H]1C. The average molecular weight is 615 g/mol. The minimum absolute atomic E-state index is 0.311. The lowest BCUT2D eigenvalue weighted by atomic mass is 9.91. The molecule has 2 aliphatic rings. The molecule has 3 atom stereocenters. The molecule has 2 aliphatic heterocycles. The van der Waals surface area contributed by atoms with Gasteiger partial charge in [-0.3, -0.25) is 9.80 Å². The monoisotopic (exact) mass is 614 g/mol. The Morgan fingerprint density at radius 1 is 0.909 bits per heavy atom. The number of benzene rings is 3. The summed E-state index contributed by atoms with van der Waals surface area (Å²) in [6.45, 7) is 19.0. The molecule has 0 spiro atoms. The van der Waals surface area contributed by atoms with Crippen LogP contribution >= 0.6 is 11.6 Å². The van der Waals surface area contributed by atoms with Crippen molar-refractivity contribution in [2.24, 2.45) is 0 Å². The molecule has 5 heteroatoms. The molecule has 0 N–H and O–H groups in total. The molecule has 236 valence electrons. The van der Waals surface area contributed by atoms with E-state index >= 15 is 0 Å². The van der Waals surface area contributed by atoms with Gasteiger partial charge in [-0.05, 0) is 124 Å². The van der Waals surface area contributed by atoms with E-state index in [0.29, 0.717) is 29.9 Å². The topological polar surface area (TPSA) is 24.9 Å². The minimum Gasteiger partial charge on any atom is -0.487 e. The maximum atomic E-state index is 6.78. The molecule has 3 aromatic carbocycles. The summed E-state index contributed by atoms with van der Waals surface area (Å²) in [4.78, 5) is 5.10. The van der Waals surface area contributed by atoms with Crippen LogP contribution in [0.15, 0.2) is 54.6 Å². The lowest BCUT2D eigenvalue weighted by Crippen LogP contribution is -2.45. The number of ether oxygens (including phenoxy) is 2. The first-order valence-corrected chi connectivity index (χ1v) is 17.0. The molecule has 0 saturated carbocycles. The number of hydrogen-bond acceptors (Lipinski definition) is 4. The Labute approximate surface area is 271 Å². The van der Waals surface area contributed by atoms with Crippen molar-refractivity contribution in [1.29, 1.82) is 0 Å². The van der Waals surface area contributed by atoms with Gasteiger partial charge in [-0.25, -0.2) is 0 Å². The van der Waals surface area contributed by atoms with Gasteiger partial charge >= 0.3 is 0 Å². The van der Waals surface area contributed by atoms with Crippen LogP contribution in [0.25, 0.3) is 17.2 Å². The van der Waals surface area contributed by atoms with Crippen molar-refractivity contribution in [3.05, 3.63) is 93.0 Å². The second kappa shape index (κ2) is 15.1. The van der Waals surface area contributed by atoms with Gasteiger partial charge in [-0.15, -0.1) is 0 Å². The molecular formula is C39H51ClN2O2. The number of rotatable bonds is 10. The number of halogens is 1. The summed E-state index contributed by atoms with van der Waals surface area (Å²) >= 11 is 6.78. The van der Waals surface area contributed by atoms with Crippen LogP contribution in [0.5, 0.6) is 5.75 Å². The van der Waals surface area contributed by atoms with Crippen molar-refractivity contribution >= 4 is 17.7 Å². The summed E-state index contributed by atoms with van der Waals surface area (Å²) in [5, 5.41) is 0.692. The Morgan fingerprint density at radius 2 is 1.64 bits per heavy atom. The summed E-state index contributed by atoms with van der Waals surface area (Å²) in [5.74, 6) is 0.758. The smallest absolute Gasteiger partial charge is 0.138 e. The zero-order chi connectivity index (χ0) is 31.2. The van der Waals surface area contributed by atoms with Gasteiger partial charge in [0.25, 0.3) is 0 Å². The second-order valence-electron chi connectivity index (χ2n) is 13.1. The largest absolute Gasteiger partial charge is 0.487 e. The van der Waals surface area contributed by atoms with Gasteiger partial charge in [-0.1, -0.05) is 66.6 Å². The van der Waals surface area contributed by atoms with Gasteiger partial charge in [0.2, 0.25) is 0 Å². The molecule has 5 rings (SSSR count). The normalized spacial score (nSPS) is 21.7. The van der Waals surface area contributed by atoms with Crippen molar-refractivity contribution in [3.8, 4) is 16.9 Å². The Kier molecular flexibility index (Phi) is 11.2. The molecule has 3 aromatic rings. The number of morpholine rings is 1. The van der Waals surface area contributed by atoms with Gasteiger partial charge in [-0.2, -0.15) is 0 Å². The number of hydrogen-bond donors (Lipinski definition) is 0. The molecule has 2 heterocycles. The van der Waals surface area contributed by atoms with E-state index in [1.807, 2.05) is 0 Å². The minimum atomic E-state index is 0.311.